The largest absolute Gasteiger partial charge is 0.331 e. The molecular weight excluding hydrogens is 352 g/mol. The van der Waals surface area contributed by atoms with Crippen molar-refractivity contribution in [3.8, 4) is 0 Å². The van der Waals surface area contributed by atoms with Gasteiger partial charge in [0, 0.05) is 17.1 Å². The standard InChI is InChI=1S/C18H20N4O3S/c1-10-3-4-11(2)13(7-10)19-15(23)8-21-14-9-26-20-16(14)17(24)22(18(21)25)12-5-6-12/h3-4,7,9,12,16,20H,5-6,8H2,1-2H3,(H,19,23). The fourth-order valence-corrected chi connectivity index (χ4v) is 4.00. The maximum Gasteiger partial charge on any atom is 0.331 e. The molecule has 2 N–H and O–H groups in total. The Bertz CT molecular complexity index is 834. The number of hydrogen-bond donors (Lipinski definition) is 2. The van der Waals surface area contributed by atoms with Gasteiger partial charge in [-0.15, -0.1) is 0 Å². The molecule has 2 fully saturated rings. The van der Waals surface area contributed by atoms with Crippen LogP contribution in [0.4, 0.5) is 10.5 Å². The first-order valence-corrected chi connectivity index (χ1v) is 9.46. The summed E-state index contributed by atoms with van der Waals surface area (Å²) < 4.78 is 3.02. The van der Waals surface area contributed by atoms with Crippen LogP contribution in [0.1, 0.15) is 24.0 Å². The normalized spacial score (nSPS) is 22.4. The molecule has 7 nitrogen and oxygen atoms in total. The van der Waals surface area contributed by atoms with E-state index in [0.717, 1.165) is 29.7 Å². The minimum atomic E-state index is -0.563. The maximum atomic E-state index is 12.8. The number of nitrogens with zero attached hydrogens (tertiary/aromatic N) is 2. The highest BCUT2D eigenvalue weighted by atomic mass is 32.2. The number of urea groups is 1. The van der Waals surface area contributed by atoms with E-state index >= 15 is 0 Å². The molecule has 136 valence electrons. The van der Waals surface area contributed by atoms with Gasteiger partial charge in [0.2, 0.25) is 5.91 Å². The first kappa shape index (κ1) is 17.1. The van der Waals surface area contributed by atoms with Crippen LogP contribution in [-0.2, 0) is 9.59 Å². The molecule has 1 saturated carbocycles. The van der Waals surface area contributed by atoms with Gasteiger partial charge in [0.05, 0.1) is 5.70 Å². The van der Waals surface area contributed by atoms with Crippen LogP contribution in [0.2, 0.25) is 0 Å². The Morgan fingerprint density at radius 2 is 2.08 bits per heavy atom. The Kier molecular flexibility index (Phi) is 4.24. The number of aryl methyl sites for hydroxylation is 2. The molecule has 0 spiro atoms. The van der Waals surface area contributed by atoms with E-state index in [1.54, 1.807) is 5.41 Å². The molecule has 2 heterocycles. The fourth-order valence-electron chi connectivity index (χ4n) is 3.19. The van der Waals surface area contributed by atoms with E-state index in [1.165, 1.54) is 21.7 Å². The van der Waals surface area contributed by atoms with Crippen LogP contribution in [0.25, 0.3) is 0 Å². The van der Waals surface area contributed by atoms with E-state index in [2.05, 4.69) is 10.0 Å². The number of carbonyl (C=O) groups is 3. The van der Waals surface area contributed by atoms with Crippen LogP contribution < -0.4 is 10.0 Å². The van der Waals surface area contributed by atoms with Crippen LogP contribution in [0.15, 0.2) is 29.3 Å². The topological polar surface area (TPSA) is 81.8 Å². The number of nitrogens with one attached hydrogen (secondary N) is 2. The van der Waals surface area contributed by atoms with Gasteiger partial charge in [0.1, 0.15) is 12.6 Å². The molecule has 0 bridgehead atoms. The second-order valence-corrected chi connectivity index (χ2v) is 7.59. The van der Waals surface area contributed by atoms with Gasteiger partial charge in [-0.2, -0.15) is 0 Å². The number of imide groups is 1. The molecule has 2 aliphatic heterocycles. The minimum absolute atomic E-state index is 0.0338. The van der Waals surface area contributed by atoms with Gasteiger partial charge >= 0.3 is 6.03 Å². The van der Waals surface area contributed by atoms with Gasteiger partial charge in [-0.1, -0.05) is 24.1 Å². The summed E-state index contributed by atoms with van der Waals surface area (Å²) >= 11 is 1.27. The van der Waals surface area contributed by atoms with Crippen molar-refractivity contribution in [1.82, 2.24) is 14.5 Å². The Morgan fingerprint density at radius 3 is 2.81 bits per heavy atom. The zero-order chi connectivity index (χ0) is 18.4. The van der Waals surface area contributed by atoms with Gasteiger partial charge < -0.3 is 5.32 Å². The molecule has 0 radical (unpaired) electrons. The van der Waals surface area contributed by atoms with Gasteiger partial charge in [0.15, 0.2) is 0 Å². The summed E-state index contributed by atoms with van der Waals surface area (Å²) in [5.41, 5.74) is 3.29. The molecule has 1 saturated heterocycles. The molecule has 1 aromatic carbocycles. The molecule has 8 heteroatoms. The quantitative estimate of drug-likeness (QED) is 0.792. The van der Waals surface area contributed by atoms with Crippen molar-refractivity contribution in [2.75, 3.05) is 11.9 Å². The third-order valence-corrected chi connectivity index (χ3v) is 5.51. The van der Waals surface area contributed by atoms with Crippen LogP contribution in [0.3, 0.4) is 0 Å². The number of hydrogen-bond acceptors (Lipinski definition) is 5. The van der Waals surface area contributed by atoms with Crippen molar-refractivity contribution >= 4 is 35.5 Å². The molecule has 4 rings (SSSR count). The zero-order valence-corrected chi connectivity index (χ0v) is 15.4. The average molecular weight is 372 g/mol. The highest BCUT2D eigenvalue weighted by Crippen LogP contribution is 2.36. The van der Waals surface area contributed by atoms with E-state index in [0.29, 0.717) is 5.70 Å². The summed E-state index contributed by atoms with van der Waals surface area (Å²) in [6.07, 6.45) is 1.66. The molecule has 26 heavy (non-hydrogen) atoms. The lowest BCUT2D eigenvalue weighted by Gasteiger charge is -2.38. The first-order valence-electron chi connectivity index (χ1n) is 8.58. The van der Waals surface area contributed by atoms with Gasteiger partial charge in [-0.25, -0.2) is 9.52 Å². The van der Waals surface area contributed by atoms with E-state index < -0.39 is 12.1 Å². The molecule has 1 unspecified atom stereocenters. The molecule has 1 aliphatic carbocycles. The summed E-state index contributed by atoms with van der Waals surface area (Å²) in [6, 6.07) is 4.83. The lowest BCUT2D eigenvalue weighted by atomic mass is 10.1. The Hall–Kier alpha value is -2.32. The van der Waals surface area contributed by atoms with E-state index in [4.69, 9.17) is 0 Å². The monoisotopic (exact) mass is 372 g/mol. The fraction of sp³-hybridized carbons (Fsp3) is 0.389. The summed E-state index contributed by atoms with van der Waals surface area (Å²) in [5, 5.41) is 4.61. The molecule has 1 aromatic rings. The summed E-state index contributed by atoms with van der Waals surface area (Å²) in [6.45, 7) is 3.76. The Labute approximate surface area is 155 Å². The maximum absolute atomic E-state index is 12.8. The van der Waals surface area contributed by atoms with Crippen molar-refractivity contribution in [3.05, 3.63) is 40.4 Å². The number of carbonyl (C=O) groups excluding carboxylic acids is 3. The molecule has 4 amide bonds. The highest BCUT2D eigenvalue weighted by molar-refractivity contribution is 8.00. The number of anilines is 1. The third kappa shape index (κ3) is 2.99. The third-order valence-electron chi connectivity index (χ3n) is 4.78. The Morgan fingerprint density at radius 1 is 1.31 bits per heavy atom. The van der Waals surface area contributed by atoms with E-state index in [9.17, 15) is 14.4 Å². The number of amides is 4. The number of fused-ring (bicyclic) bond motifs is 1. The van der Waals surface area contributed by atoms with Crippen LogP contribution in [-0.4, -0.2) is 46.3 Å². The van der Waals surface area contributed by atoms with Crippen molar-refractivity contribution in [2.24, 2.45) is 0 Å². The number of benzene rings is 1. The first-order chi connectivity index (χ1) is 12.5. The summed E-state index contributed by atoms with van der Waals surface area (Å²) in [7, 11) is 0. The second-order valence-electron chi connectivity index (χ2n) is 6.89. The summed E-state index contributed by atoms with van der Waals surface area (Å²) in [4.78, 5) is 40.7. The predicted molar refractivity (Wildman–Crippen MR) is 99.1 cm³/mol. The average Bonchev–Trinajstić information content (AvgIpc) is 3.30. The number of rotatable bonds is 4. The second kappa shape index (κ2) is 6.44. The smallest absolute Gasteiger partial charge is 0.324 e. The van der Waals surface area contributed by atoms with Gasteiger partial charge in [-0.3, -0.25) is 19.4 Å². The lowest BCUT2D eigenvalue weighted by Crippen LogP contribution is -2.61. The van der Waals surface area contributed by atoms with E-state index in [-0.39, 0.29) is 24.4 Å². The molecular formula is C18H20N4O3S. The van der Waals surface area contributed by atoms with Crippen molar-refractivity contribution < 1.29 is 14.4 Å². The minimum Gasteiger partial charge on any atom is -0.324 e. The van der Waals surface area contributed by atoms with Crippen molar-refractivity contribution in [3.63, 3.8) is 0 Å². The lowest BCUT2D eigenvalue weighted by molar-refractivity contribution is -0.132. The van der Waals surface area contributed by atoms with Crippen LogP contribution >= 0.6 is 11.9 Å². The highest BCUT2D eigenvalue weighted by Gasteiger charge is 2.50. The molecule has 0 aromatic heterocycles. The van der Waals surface area contributed by atoms with Gasteiger partial charge in [0.25, 0.3) is 5.91 Å². The summed E-state index contributed by atoms with van der Waals surface area (Å²) in [5.74, 6) is -0.506. The zero-order valence-electron chi connectivity index (χ0n) is 14.6. The SMILES string of the molecule is Cc1ccc(C)c(NC(=O)CN2C(=O)N(C3CC3)C(=O)C3NSC=C32)c1. The predicted octanol–water partition coefficient (Wildman–Crippen LogP) is 2.13. The van der Waals surface area contributed by atoms with E-state index in [1.807, 2.05) is 32.0 Å². The molecule has 3 aliphatic rings. The van der Waals surface area contributed by atoms with Crippen LogP contribution in [0.5, 0.6) is 0 Å². The molecule has 1 atom stereocenters. The van der Waals surface area contributed by atoms with Gasteiger partial charge in [-0.05, 0) is 43.9 Å². The van der Waals surface area contributed by atoms with Crippen molar-refractivity contribution in [2.45, 2.75) is 38.8 Å². The van der Waals surface area contributed by atoms with Crippen molar-refractivity contribution in [1.29, 1.82) is 0 Å². The Balaban J connectivity index is 1.54. The van der Waals surface area contributed by atoms with Crippen LogP contribution in [0, 0.1) is 13.8 Å².